The monoisotopic (exact) mass is 439 g/mol. The van der Waals surface area contributed by atoms with Crippen LogP contribution in [0.4, 0.5) is 23.7 Å². The molecule has 0 bridgehead atoms. The first kappa shape index (κ1) is 22.7. The molecule has 164 valence electrons. The summed E-state index contributed by atoms with van der Waals surface area (Å²) in [6.07, 6.45) is 0.208. The van der Waals surface area contributed by atoms with E-state index in [4.69, 9.17) is 0 Å². The number of amides is 2. The topological polar surface area (TPSA) is 57.0 Å². The van der Waals surface area contributed by atoms with Crippen molar-refractivity contribution in [3.63, 3.8) is 0 Å². The van der Waals surface area contributed by atoms with Crippen LogP contribution in [0.25, 0.3) is 11.1 Å². The summed E-state index contributed by atoms with van der Waals surface area (Å²) in [6.45, 7) is 6.35. The Morgan fingerprint density at radius 3 is 2.56 bits per heavy atom. The molecule has 0 radical (unpaired) electrons. The van der Waals surface area contributed by atoms with E-state index in [1.165, 1.54) is 18.3 Å². The minimum atomic E-state index is -4.47. The number of urea groups is 1. The third-order valence-corrected chi connectivity index (χ3v) is 4.61. The molecule has 0 atom stereocenters. The van der Waals surface area contributed by atoms with Gasteiger partial charge >= 0.3 is 12.2 Å². The quantitative estimate of drug-likeness (QED) is 0.389. The van der Waals surface area contributed by atoms with Crippen molar-refractivity contribution in [3.05, 3.63) is 96.1 Å². The summed E-state index contributed by atoms with van der Waals surface area (Å²) in [6, 6.07) is 15.7. The van der Waals surface area contributed by atoms with Crippen LogP contribution in [-0.4, -0.2) is 22.3 Å². The average molecular weight is 439 g/mol. The summed E-state index contributed by atoms with van der Waals surface area (Å²) in [7, 11) is 0. The third kappa shape index (κ3) is 6.28. The van der Waals surface area contributed by atoms with Crippen molar-refractivity contribution in [1.82, 2.24) is 10.3 Å². The molecule has 0 spiro atoms. The molecule has 2 amide bonds. The lowest BCUT2D eigenvalue weighted by atomic mass is 10.0. The number of pyridine rings is 1. The number of hydrogen-bond donors (Lipinski definition) is 2. The maximum absolute atomic E-state index is 12.7. The number of carbonyl (C=O) groups excluding carboxylic acids is 1. The zero-order valence-electron chi connectivity index (χ0n) is 17.4. The number of halogens is 3. The van der Waals surface area contributed by atoms with Gasteiger partial charge in [-0.1, -0.05) is 36.4 Å². The number of aryl methyl sites for hydroxylation is 1. The van der Waals surface area contributed by atoms with E-state index in [0.717, 1.165) is 34.5 Å². The van der Waals surface area contributed by atoms with Crippen LogP contribution < -0.4 is 10.6 Å². The van der Waals surface area contributed by atoms with Gasteiger partial charge in [0.15, 0.2) is 12.7 Å². The molecule has 0 aliphatic heterocycles. The summed E-state index contributed by atoms with van der Waals surface area (Å²) in [5.41, 5.74) is 3.32. The molecule has 1 aromatic heterocycles. The van der Waals surface area contributed by atoms with E-state index in [0.29, 0.717) is 6.54 Å². The number of benzene rings is 2. The van der Waals surface area contributed by atoms with E-state index in [1.54, 1.807) is 17.0 Å². The first-order valence-electron chi connectivity index (χ1n) is 9.72. The van der Waals surface area contributed by atoms with E-state index in [2.05, 4.69) is 22.3 Å². The number of hydrogen-bond acceptors (Lipinski definition) is 2. The third-order valence-electron chi connectivity index (χ3n) is 4.61. The predicted octanol–water partition coefficient (Wildman–Crippen LogP) is 5.58. The van der Waals surface area contributed by atoms with Crippen LogP contribution in [0, 0.1) is 6.92 Å². The van der Waals surface area contributed by atoms with Crippen molar-refractivity contribution in [3.8, 4) is 11.1 Å². The highest BCUT2D eigenvalue weighted by Crippen LogP contribution is 2.30. The molecule has 0 aliphatic carbocycles. The molecule has 0 fully saturated rings. The maximum atomic E-state index is 12.7. The second-order valence-corrected chi connectivity index (χ2v) is 7.07. The summed E-state index contributed by atoms with van der Waals surface area (Å²) >= 11 is 0. The summed E-state index contributed by atoms with van der Waals surface area (Å²) in [5, 5.41) is 4.80. The first-order chi connectivity index (χ1) is 15.2. The molecule has 32 heavy (non-hydrogen) atoms. The Bertz CT molecular complexity index is 1140. The van der Waals surface area contributed by atoms with Gasteiger partial charge in [-0.25, -0.2) is 9.37 Å². The van der Waals surface area contributed by atoms with Crippen LogP contribution in [0.15, 0.2) is 79.3 Å². The van der Waals surface area contributed by atoms with Crippen molar-refractivity contribution in [1.29, 1.82) is 0 Å². The van der Waals surface area contributed by atoms with Gasteiger partial charge in [0.25, 0.3) is 0 Å². The van der Waals surface area contributed by atoms with Crippen LogP contribution in [0.5, 0.6) is 0 Å². The zero-order chi connectivity index (χ0) is 23.1. The number of nitrogens with one attached hydrogen (secondary N) is 2. The summed E-state index contributed by atoms with van der Waals surface area (Å²) < 4.78 is 39.9. The second kappa shape index (κ2) is 9.91. The van der Waals surface area contributed by atoms with Crippen molar-refractivity contribution in [2.45, 2.75) is 19.6 Å². The number of nitrogens with zero attached hydrogens (tertiary/aromatic N) is 2. The Morgan fingerprint density at radius 1 is 1.12 bits per heavy atom. The van der Waals surface area contributed by atoms with Gasteiger partial charge in [-0.05, 0) is 36.8 Å². The van der Waals surface area contributed by atoms with Gasteiger partial charge in [-0.3, -0.25) is 4.98 Å². The van der Waals surface area contributed by atoms with Crippen molar-refractivity contribution in [2.24, 2.45) is 0 Å². The number of anilines is 1. The van der Waals surface area contributed by atoms with Crippen LogP contribution >= 0.6 is 0 Å². The smallest absolute Gasteiger partial charge is 0.309 e. The lowest BCUT2D eigenvalue weighted by molar-refractivity contribution is -0.465. The standard InChI is InChI=1S/C24H21F3N4O/c1-17-22(7-4-12-28-17)19-10-8-18(9-11-19)16-31(2)14-13-29-23(32)30-21-6-3-5-20(15-21)24(25,26)27/h3-15H,2,16H2,1H3,(H-,29,30,32)/p+1. The number of alkyl halides is 3. The van der Waals surface area contributed by atoms with Gasteiger partial charge in [-0.2, -0.15) is 13.2 Å². The van der Waals surface area contributed by atoms with E-state index in [9.17, 15) is 18.0 Å². The molecule has 5 nitrogen and oxygen atoms in total. The lowest BCUT2D eigenvalue weighted by Crippen LogP contribution is -2.24. The molecule has 0 aliphatic rings. The first-order valence-corrected chi connectivity index (χ1v) is 9.72. The van der Waals surface area contributed by atoms with E-state index >= 15 is 0 Å². The normalized spacial score (nSPS) is 11.4. The second-order valence-electron chi connectivity index (χ2n) is 7.07. The Hall–Kier alpha value is -3.94. The van der Waals surface area contributed by atoms with Crippen LogP contribution in [0.2, 0.25) is 0 Å². The van der Waals surface area contributed by atoms with Crippen molar-refractivity contribution >= 4 is 18.4 Å². The highest BCUT2D eigenvalue weighted by atomic mass is 19.4. The Labute approximate surface area is 183 Å². The van der Waals surface area contributed by atoms with Gasteiger partial charge in [-0.15, -0.1) is 0 Å². The average Bonchev–Trinajstić information content (AvgIpc) is 2.74. The molecule has 2 N–H and O–H groups in total. The maximum Gasteiger partial charge on any atom is 0.416 e. The predicted molar refractivity (Wildman–Crippen MR) is 118 cm³/mol. The van der Waals surface area contributed by atoms with Crippen LogP contribution in [-0.2, 0) is 12.7 Å². The van der Waals surface area contributed by atoms with Gasteiger partial charge in [0, 0.05) is 28.7 Å². The molecule has 8 heteroatoms. The van der Waals surface area contributed by atoms with E-state index < -0.39 is 17.8 Å². The molecule has 2 aromatic carbocycles. The van der Waals surface area contributed by atoms with E-state index in [1.807, 2.05) is 43.3 Å². The van der Waals surface area contributed by atoms with E-state index in [-0.39, 0.29) is 5.69 Å². The zero-order valence-corrected chi connectivity index (χ0v) is 17.4. The minimum Gasteiger partial charge on any atom is -0.309 e. The summed E-state index contributed by atoms with van der Waals surface area (Å²) in [4.78, 5) is 16.2. The fourth-order valence-electron chi connectivity index (χ4n) is 3.03. The molecule has 3 rings (SSSR count). The molecular formula is C24H22F3N4O+. The van der Waals surface area contributed by atoms with Gasteiger partial charge < -0.3 is 10.6 Å². The van der Waals surface area contributed by atoms with Gasteiger partial charge in [0.05, 0.1) is 11.8 Å². The van der Waals surface area contributed by atoms with Crippen molar-refractivity contribution in [2.75, 3.05) is 5.32 Å². The fraction of sp³-hybridized carbons (Fsp3) is 0.125. The molecule has 3 aromatic rings. The Morgan fingerprint density at radius 2 is 1.88 bits per heavy atom. The summed E-state index contributed by atoms with van der Waals surface area (Å²) in [5.74, 6) is 0. The largest absolute Gasteiger partial charge is 0.416 e. The van der Waals surface area contributed by atoms with Crippen molar-refractivity contribution < 1.29 is 22.5 Å². The lowest BCUT2D eigenvalue weighted by Gasteiger charge is -2.09. The fourth-order valence-corrected chi connectivity index (χ4v) is 3.03. The van der Waals surface area contributed by atoms with Crippen LogP contribution in [0.1, 0.15) is 16.8 Å². The highest BCUT2D eigenvalue weighted by molar-refractivity contribution is 5.89. The number of aromatic nitrogens is 1. The Balaban J connectivity index is 1.51. The SMILES string of the molecule is C=[N+](C=CNC(=O)Nc1cccc(C(F)(F)F)c1)Cc1ccc(-c2cccnc2C)cc1. The van der Waals surface area contributed by atoms with Gasteiger partial charge in [0.1, 0.15) is 6.72 Å². The molecular weight excluding hydrogens is 417 g/mol. The molecule has 0 unspecified atom stereocenters. The highest BCUT2D eigenvalue weighted by Gasteiger charge is 2.30. The number of rotatable bonds is 6. The number of carbonyl (C=O) groups is 1. The minimum absolute atomic E-state index is 0.0427. The molecule has 0 saturated heterocycles. The van der Waals surface area contributed by atoms with Gasteiger partial charge in [0.2, 0.25) is 0 Å². The Kier molecular flexibility index (Phi) is 7.04. The molecule has 1 heterocycles. The molecule has 0 saturated carbocycles. The van der Waals surface area contributed by atoms with Crippen LogP contribution in [0.3, 0.4) is 0 Å².